The van der Waals surface area contributed by atoms with Gasteiger partial charge in [-0.15, -0.1) is 0 Å². The molecule has 0 unspecified atom stereocenters. The summed E-state index contributed by atoms with van der Waals surface area (Å²) in [5, 5.41) is 6.09. The molecule has 2 rings (SSSR count). The summed E-state index contributed by atoms with van der Waals surface area (Å²) in [4.78, 5) is 0.0531. The van der Waals surface area contributed by atoms with Gasteiger partial charge in [-0.3, -0.25) is 5.10 Å². The quantitative estimate of drug-likeness (QED) is 0.815. The van der Waals surface area contributed by atoms with E-state index in [1.807, 2.05) is 6.92 Å². The zero-order chi connectivity index (χ0) is 13.2. The number of H-pyrrole nitrogens is 1. The van der Waals surface area contributed by atoms with Crippen LogP contribution in [0.1, 0.15) is 19.8 Å². The number of nitrogen functional groups attached to an aromatic ring is 1. The van der Waals surface area contributed by atoms with Crippen LogP contribution in [0.5, 0.6) is 0 Å². The maximum atomic E-state index is 12.3. The van der Waals surface area contributed by atoms with Crippen LogP contribution < -0.4 is 5.73 Å². The standard InChI is InChI=1S/C10H18N4O3S/c1-2-17-8-3-5-14(6-4-8)18(15,16)9-7-12-13-10(9)11/h7-8H,2-6H2,1H3,(H3,11,12,13). The van der Waals surface area contributed by atoms with Crippen molar-refractivity contribution in [1.82, 2.24) is 14.5 Å². The highest BCUT2D eigenvalue weighted by Gasteiger charge is 2.31. The smallest absolute Gasteiger partial charge is 0.248 e. The molecule has 0 spiro atoms. The summed E-state index contributed by atoms with van der Waals surface area (Å²) in [5.41, 5.74) is 5.56. The molecule has 1 aromatic rings. The number of hydrogen-bond donors (Lipinski definition) is 2. The molecule has 0 atom stereocenters. The van der Waals surface area contributed by atoms with E-state index in [0.717, 1.165) is 0 Å². The summed E-state index contributed by atoms with van der Waals surface area (Å²) in [6, 6.07) is 0. The van der Waals surface area contributed by atoms with Crippen LogP contribution in [-0.4, -0.2) is 48.7 Å². The molecule has 7 nitrogen and oxygen atoms in total. The third-order valence-corrected chi connectivity index (χ3v) is 4.98. The molecule has 0 aromatic carbocycles. The second kappa shape index (κ2) is 5.25. The maximum Gasteiger partial charge on any atom is 0.248 e. The number of aromatic nitrogens is 2. The third kappa shape index (κ3) is 2.50. The number of nitrogens with zero attached hydrogens (tertiary/aromatic N) is 2. The summed E-state index contributed by atoms with van der Waals surface area (Å²) in [6.45, 7) is 3.51. The van der Waals surface area contributed by atoms with E-state index in [2.05, 4.69) is 10.2 Å². The summed E-state index contributed by atoms with van der Waals surface area (Å²) >= 11 is 0. The zero-order valence-corrected chi connectivity index (χ0v) is 11.1. The first kappa shape index (κ1) is 13.3. The molecule has 18 heavy (non-hydrogen) atoms. The van der Waals surface area contributed by atoms with Crippen LogP contribution in [0.3, 0.4) is 0 Å². The predicted octanol–water partition coefficient (Wildman–Crippen LogP) is 0.182. The van der Waals surface area contributed by atoms with Gasteiger partial charge in [-0.25, -0.2) is 8.42 Å². The Labute approximate surface area is 106 Å². The first-order chi connectivity index (χ1) is 8.55. The monoisotopic (exact) mass is 274 g/mol. The van der Waals surface area contributed by atoms with Crippen molar-refractivity contribution in [2.24, 2.45) is 0 Å². The first-order valence-corrected chi connectivity index (χ1v) is 7.40. The minimum atomic E-state index is -3.53. The van der Waals surface area contributed by atoms with Crippen molar-refractivity contribution in [3.63, 3.8) is 0 Å². The lowest BCUT2D eigenvalue weighted by Crippen LogP contribution is -2.40. The van der Waals surface area contributed by atoms with Gasteiger partial charge in [0.2, 0.25) is 10.0 Å². The predicted molar refractivity (Wildman–Crippen MR) is 66.4 cm³/mol. The Morgan fingerprint density at radius 1 is 1.56 bits per heavy atom. The van der Waals surface area contributed by atoms with Crippen molar-refractivity contribution in [2.45, 2.75) is 30.8 Å². The van der Waals surface area contributed by atoms with E-state index >= 15 is 0 Å². The van der Waals surface area contributed by atoms with Crippen LogP contribution in [0, 0.1) is 0 Å². The number of hydrogen-bond acceptors (Lipinski definition) is 5. The minimum absolute atomic E-state index is 0.0531. The normalized spacial score (nSPS) is 19.2. The average Bonchev–Trinajstić information content (AvgIpc) is 2.77. The number of nitrogens with one attached hydrogen (secondary N) is 1. The van der Waals surface area contributed by atoms with Gasteiger partial charge in [0.25, 0.3) is 0 Å². The second-order valence-electron chi connectivity index (χ2n) is 4.21. The summed E-state index contributed by atoms with van der Waals surface area (Å²) < 4.78 is 31.5. The van der Waals surface area contributed by atoms with E-state index in [4.69, 9.17) is 10.5 Å². The average molecular weight is 274 g/mol. The third-order valence-electron chi connectivity index (χ3n) is 3.05. The Hall–Kier alpha value is -1.12. The SMILES string of the molecule is CCOC1CCN(S(=O)(=O)c2cn[nH]c2N)CC1. The summed E-state index contributed by atoms with van der Waals surface area (Å²) in [7, 11) is -3.53. The van der Waals surface area contributed by atoms with E-state index in [0.29, 0.717) is 32.5 Å². The molecular formula is C10H18N4O3S. The van der Waals surface area contributed by atoms with Crippen molar-refractivity contribution >= 4 is 15.8 Å². The van der Waals surface area contributed by atoms with Crippen molar-refractivity contribution in [1.29, 1.82) is 0 Å². The van der Waals surface area contributed by atoms with Gasteiger partial charge in [0, 0.05) is 19.7 Å². The molecule has 0 radical (unpaired) electrons. The summed E-state index contributed by atoms with van der Waals surface area (Å²) in [5.74, 6) is 0.0851. The molecule has 0 aliphatic carbocycles. The van der Waals surface area contributed by atoms with Crippen molar-refractivity contribution < 1.29 is 13.2 Å². The molecule has 8 heteroatoms. The molecule has 0 bridgehead atoms. The zero-order valence-electron chi connectivity index (χ0n) is 10.3. The highest BCUT2D eigenvalue weighted by Crippen LogP contribution is 2.24. The van der Waals surface area contributed by atoms with Gasteiger partial charge in [0.1, 0.15) is 10.7 Å². The number of anilines is 1. The number of ether oxygens (including phenoxy) is 1. The fourth-order valence-corrected chi connectivity index (χ4v) is 3.58. The largest absolute Gasteiger partial charge is 0.383 e. The molecule has 3 N–H and O–H groups in total. The molecule has 102 valence electrons. The molecule has 1 saturated heterocycles. The fourth-order valence-electron chi connectivity index (χ4n) is 2.10. The number of nitrogens with two attached hydrogens (primary N) is 1. The van der Waals surface area contributed by atoms with Gasteiger partial charge in [0.05, 0.1) is 12.3 Å². The van der Waals surface area contributed by atoms with Crippen LogP contribution in [0.4, 0.5) is 5.82 Å². The van der Waals surface area contributed by atoms with E-state index in [1.54, 1.807) is 0 Å². The Morgan fingerprint density at radius 3 is 2.72 bits per heavy atom. The van der Waals surface area contributed by atoms with Crippen molar-refractivity contribution in [3.8, 4) is 0 Å². The number of rotatable bonds is 4. The molecule has 1 fully saturated rings. The lowest BCUT2D eigenvalue weighted by Gasteiger charge is -2.30. The number of aromatic amines is 1. The molecule has 1 aliphatic heterocycles. The Balaban J connectivity index is 2.08. The number of piperidine rings is 1. The van der Waals surface area contributed by atoms with Gasteiger partial charge in [-0.05, 0) is 19.8 Å². The maximum absolute atomic E-state index is 12.3. The van der Waals surface area contributed by atoms with Crippen LogP contribution in [0.25, 0.3) is 0 Å². The summed E-state index contributed by atoms with van der Waals surface area (Å²) in [6.07, 6.45) is 2.83. The highest BCUT2D eigenvalue weighted by molar-refractivity contribution is 7.89. The lowest BCUT2D eigenvalue weighted by atomic mass is 10.1. The second-order valence-corrected chi connectivity index (χ2v) is 6.11. The van der Waals surface area contributed by atoms with E-state index in [1.165, 1.54) is 10.5 Å². The highest BCUT2D eigenvalue weighted by atomic mass is 32.2. The topological polar surface area (TPSA) is 101 Å². The Morgan fingerprint density at radius 2 is 2.22 bits per heavy atom. The molecule has 0 amide bonds. The molecule has 1 aromatic heterocycles. The molecule has 1 aliphatic rings. The van der Waals surface area contributed by atoms with Gasteiger partial charge in [-0.2, -0.15) is 9.40 Å². The van der Waals surface area contributed by atoms with Crippen LogP contribution in [0.15, 0.2) is 11.1 Å². The Kier molecular flexibility index (Phi) is 3.88. The first-order valence-electron chi connectivity index (χ1n) is 5.96. The van der Waals surface area contributed by atoms with E-state index < -0.39 is 10.0 Å². The van der Waals surface area contributed by atoms with Crippen molar-refractivity contribution in [2.75, 3.05) is 25.4 Å². The van der Waals surface area contributed by atoms with Crippen LogP contribution in [-0.2, 0) is 14.8 Å². The van der Waals surface area contributed by atoms with Gasteiger partial charge < -0.3 is 10.5 Å². The van der Waals surface area contributed by atoms with Gasteiger partial charge in [-0.1, -0.05) is 0 Å². The van der Waals surface area contributed by atoms with Crippen molar-refractivity contribution in [3.05, 3.63) is 6.20 Å². The lowest BCUT2D eigenvalue weighted by molar-refractivity contribution is 0.0290. The van der Waals surface area contributed by atoms with Crippen LogP contribution in [0.2, 0.25) is 0 Å². The minimum Gasteiger partial charge on any atom is -0.383 e. The van der Waals surface area contributed by atoms with Gasteiger partial charge in [0.15, 0.2) is 0 Å². The van der Waals surface area contributed by atoms with Gasteiger partial charge >= 0.3 is 0 Å². The molecule has 2 heterocycles. The number of sulfonamides is 1. The van der Waals surface area contributed by atoms with E-state index in [9.17, 15) is 8.42 Å². The molecular weight excluding hydrogens is 256 g/mol. The van der Waals surface area contributed by atoms with Crippen LogP contribution >= 0.6 is 0 Å². The fraction of sp³-hybridized carbons (Fsp3) is 0.700. The Bertz CT molecular complexity index is 491. The van der Waals surface area contributed by atoms with E-state index in [-0.39, 0.29) is 16.8 Å². The molecule has 0 saturated carbocycles.